The average molecular weight is 243 g/mol. The summed E-state index contributed by atoms with van der Waals surface area (Å²) < 4.78 is 26.3. The van der Waals surface area contributed by atoms with E-state index in [1.807, 2.05) is 0 Å². The zero-order chi connectivity index (χ0) is 11.7. The van der Waals surface area contributed by atoms with Gasteiger partial charge in [0, 0.05) is 5.56 Å². The molecule has 0 saturated heterocycles. The molecular formula is C10H5ClF2N2O. The summed E-state index contributed by atoms with van der Waals surface area (Å²) in [5.41, 5.74) is -0.820. The van der Waals surface area contributed by atoms with Gasteiger partial charge in [0.05, 0.1) is 16.9 Å². The van der Waals surface area contributed by atoms with E-state index in [4.69, 9.17) is 11.6 Å². The molecule has 0 aliphatic rings. The van der Waals surface area contributed by atoms with Crippen LogP contribution in [0.15, 0.2) is 29.2 Å². The van der Waals surface area contributed by atoms with Gasteiger partial charge < -0.3 is 4.98 Å². The predicted molar refractivity (Wildman–Crippen MR) is 55.2 cm³/mol. The number of benzene rings is 1. The van der Waals surface area contributed by atoms with E-state index in [2.05, 4.69) is 9.97 Å². The number of nitrogens with zero attached hydrogens (tertiary/aromatic N) is 1. The molecule has 0 radical (unpaired) electrons. The molecule has 6 heteroatoms. The summed E-state index contributed by atoms with van der Waals surface area (Å²) in [5, 5.41) is 0.141. The third kappa shape index (κ3) is 1.94. The first-order chi connectivity index (χ1) is 7.58. The van der Waals surface area contributed by atoms with Crippen LogP contribution in [0.2, 0.25) is 5.02 Å². The van der Waals surface area contributed by atoms with Crippen molar-refractivity contribution in [1.29, 1.82) is 0 Å². The second kappa shape index (κ2) is 4.02. The van der Waals surface area contributed by atoms with E-state index in [1.165, 1.54) is 6.07 Å². The van der Waals surface area contributed by atoms with E-state index in [0.29, 0.717) is 0 Å². The van der Waals surface area contributed by atoms with Crippen LogP contribution in [0.1, 0.15) is 0 Å². The second-order valence-corrected chi connectivity index (χ2v) is 3.44. The van der Waals surface area contributed by atoms with Gasteiger partial charge in [-0.3, -0.25) is 0 Å². The Morgan fingerprint density at radius 1 is 1.31 bits per heavy atom. The molecule has 1 aromatic heterocycles. The first-order valence-electron chi connectivity index (χ1n) is 4.28. The topological polar surface area (TPSA) is 45.8 Å². The number of rotatable bonds is 1. The van der Waals surface area contributed by atoms with E-state index >= 15 is 0 Å². The molecule has 2 aromatic rings. The van der Waals surface area contributed by atoms with Crippen LogP contribution < -0.4 is 5.69 Å². The van der Waals surface area contributed by atoms with E-state index in [-0.39, 0.29) is 16.3 Å². The van der Waals surface area contributed by atoms with Gasteiger partial charge in [-0.1, -0.05) is 11.6 Å². The Hall–Kier alpha value is -1.75. The van der Waals surface area contributed by atoms with E-state index in [1.54, 1.807) is 0 Å². The number of halogens is 3. The normalized spacial score (nSPS) is 10.4. The molecule has 1 heterocycles. The van der Waals surface area contributed by atoms with E-state index in [9.17, 15) is 13.6 Å². The Morgan fingerprint density at radius 2 is 2.06 bits per heavy atom. The van der Waals surface area contributed by atoms with Gasteiger partial charge in [0.1, 0.15) is 5.82 Å². The zero-order valence-electron chi connectivity index (χ0n) is 7.80. The fourth-order valence-electron chi connectivity index (χ4n) is 1.26. The summed E-state index contributed by atoms with van der Waals surface area (Å²) in [4.78, 5) is 16.3. The summed E-state index contributed by atoms with van der Waals surface area (Å²) >= 11 is 5.78. The molecule has 0 fully saturated rings. The molecule has 0 spiro atoms. The third-order valence-corrected chi connectivity index (χ3v) is 2.29. The summed E-state index contributed by atoms with van der Waals surface area (Å²) in [6, 6.07) is 3.46. The van der Waals surface area contributed by atoms with Gasteiger partial charge in [-0.25, -0.2) is 13.6 Å². The highest BCUT2D eigenvalue weighted by Gasteiger charge is 2.11. The van der Waals surface area contributed by atoms with Crippen molar-refractivity contribution in [2.24, 2.45) is 0 Å². The minimum absolute atomic E-state index is 0.0821. The number of hydrogen-bond donors (Lipinski definition) is 1. The van der Waals surface area contributed by atoms with Crippen molar-refractivity contribution in [3.63, 3.8) is 0 Å². The van der Waals surface area contributed by atoms with E-state index < -0.39 is 17.3 Å². The van der Waals surface area contributed by atoms with Crippen LogP contribution in [0.25, 0.3) is 11.3 Å². The average Bonchev–Trinajstić information content (AvgIpc) is 2.25. The van der Waals surface area contributed by atoms with Crippen LogP contribution in [-0.2, 0) is 0 Å². The summed E-state index contributed by atoms with van der Waals surface area (Å²) in [5.74, 6) is -1.34. The molecule has 0 aliphatic carbocycles. The van der Waals surface area contributed by atoms with Crippen molar-refractivity contribution in [2.45, 2.75) is 0 Å². The Balaban J connectivity index is 2.71. The van der Waals surface area contributed by atoms with Crippen LogP contribution in [0.5, 0.6) is 0 Å². The summed E-state index contributed by atoms with van der Waals surface area (Å²) in [7, 11) is 0. The largest absolute Gasteiger partial charge is 0.345 e. The first-order valence-corrected chi connectivity index (χ1v) is 4.66. The van der Waals surface area contributed by atoms with Crippen LogP contribution in [-0.4, -0.2) is 9.97 Å². The van der Waals surface area contributed by atoms with Crippen molar-refractivity contribution in [1.82, 2.24) is 9.97 Å². The molecule has 0 bridgehead atoms. The summed E-state index contributed by atoms with van der Waals surface area (Å²) in [6.45, 7) is 0. The molecule has 0 amide bonds. The maximum Gasteiger partial charge on any atom is 0.345 e. The maximum absolute atomic E-state index is 13.4. The lowest BCUT2D eigenvalue weighted by Gasteiger charge is -2.04. The number of hydrogen-bond acceptors (Lipinski definition) is 2. The molecule has 1 N–H and O–H groups in total. The van der Waals surface area contributed by atoms with Gasteiger partial charge >= 0.3 is 5.69 Å². The predicted octanol–water partition coefficient (Wildman–Crippen LogP) is 2.37. The Bertz CT molecular complexity index is 598. The lowest BCUT2D eigenvalue weighted by molar-refractivity contribution is 0.613. The standard InChI is InChI=1S/C10H5ClF2N2O/c11-7-2-1-5(12)3-6(7)9-8(13)4-14-10(16)15-9/h1-4H,(H,14,15,16). The van der Waals surface area contributed by atoms with Gasteiger partial charge in [0.15, 0.2) is 5.82 Å². The lowest BCUT2D eigenvalue weighted by Crippen LogP contribution is -2.11. The monoisotopic (exact) mass is 242 g/mol. The van der Waals surface area contributed by atoms with Crippen molar-refractivity contribution >= 4 is 11.6 Å². The minimum Gasteiger partial charge on any atom is -0.303 e. The van der Waals surface area contributed by atoms with Gasteiger partial charge in [-0.05, 0) is 18.2 Å². The highest BCUT2D eigenvalue weighted by Crippen LogP contribution is 2.27. The molecule has 0 atom stereocenters. The third-order valence-electron chi connectivity index (χ3n) is 1.96. The Morgan fingerprint density at radius 3 is 2.81 bits per heavy atom. The number of aromatic amines is 1. The van der Waals surface area contributed by atoms with Crippen molar-refractivity contribution in [3.05, 3.63) is 51.5 Å². The second-order valence-electron chi connectivity index (χ2n) is 3.04. The van der Waals surface area contributed by atoms with Crippen LogP contribution in [0.3, 0.4) is 0 Å². The highest BCUT2D eigenvalue weighted by atomic mass is 35.5. The van der Waals surface area contributed by atoms with Crippen molar-refractivity contribution < 1.29 is 8.78 Å². The van der Waals surface area contributed by atoms with Gasteiger partial charge in [0.2, 0.25) is 0 Å². The van der Waals surface area contributed by atoms with Crippen molar-refractivity contribution in [3.8, 4) is 11.3 Å². The van der Waals surface area contributed by atoms with Gasteiger partial charge in [-0.15, -0.1) is 0 Å². The smallest absolute Gasteiger partial charge is 0.303 e. The number of H-pyrrole nitrogens is 1. The molecule has 0 aliphatic heterocycles. The quantitative estimate of drug-likeness (QED) is 0.834. The maximum atomic E-state index is 13.4. The molecular weight excluding hydrogens is 238 g/mol. The molecule has 82 valence electrons. The fraction of sp³-hybridized carbons (Fsp3) is 0. The summed E-state index contributed by atoms with van der Waals surface area (Å²) in [6.07, 6.45) is 0.759. The minimum atomic E-state index is -0.771. The molecule has 0 unspecified atom stereocenters. The number of aromatic nitrogens is 2. The van der Waals surface area contributed by atoms with Crippen LogP contribution >= 0.6 is 11.6 Å². The SMILES string of the molecule is O=c1ncc(F)c(-c2cc(F)ccc2Cl)[nH]1. The van der Waals surface area contributed by atoms with Crippen LogP contribution in [0.4, 0.5) is 8.78 Å². The molecule has 0 saturated carbocycles. The molecule has 3 nitrogen and oxygen atoms in total. The molecule has 2 rings (SSSR count). The zero-order valence-corrected chi connectivity index (χ0v) is 8.55. The van der Waals surface area contributed by atoms with Crippen LogP contribution in [0, 0.1) is 11.6 Å². The van der Waals surface area contributed by atoms with E-state index in [0.717, 1.165) is 18.3 Å². The Labute approximate surface area is 93.7 Å². The highest BCUT2D eigenvalue weighted by molar-refractivity contribution is 6.33. The first kappa shape index (κ1) is 10.8. The van der Waals surface area contributed by atoms with Gasteiger partial charge in [-0.2, -0.15) is 4.98 Å². The fourth-order valence-corrected chi connectivity index (χ4v) is 1.48. The molecule has 1 aromatic carbocycles. The number of nitrogens with one attached hydrogen (secondary N) is 1. The van der Waals surface area contributed by atoms with Gasteiger partial charge in [0.25, 0.3) is 0 Å². The van der Waals surface area contributed by atoms with Crippen molar-refractivity contribution in [2.75, 3.05) is 0 Å². The lowest BCUT2D eigenvalue weighted by atomic mass is 10.1. The Kier molecular flexibility index (Phi) is 2.70. The molecule has 16 heavy (non-hydrogen) atoms.